The molecule has 0 spiro atoms. The maximum absolute atomic E-state index is 12.5. The van der Waals surface area contributed by atoms with Crippen LogP contribution in [0.2, 0.25) is 0 Å². The molecule has 2 N–H and O–H groups in total. The van der Waals surface area contributed by atoms with Gasteiger partial charge in [-0.25, -0.2) is 0 Å². The fraction of sp³-hybridized carbons (Fsp3) is 0.636. The maximum atomic E-state index is 12.5. The van der Waals surface area contributed by atoms with Crippen LogP contribution >= 0.6 is 0 Å². The Kier molecular flexibility index (Phi) is 4.25. The molecule has 6 rings (SSSR count). The third-order valence-electron chi connectivity index (χ3n) is 7.43. The first kappa shape index (κ1) is 17.8. The van der Waals surface area contributed by atoms with Crippen molar-refractivity contribution in [1.29, 1.82) is 0 Å². The van der Waals surface area contributed by atoms with Crippen LogP contribution in [0.3, 0.4) is 0 Å². The van der Waals surface area contributed by atoms with Crippen molar-refractivity contribution >= 4 is 11.8 Å². The highest BCUT2D eigenvalue weighted by atomic mass is 16.7. The summed E-state index contributed by atoms with van der Waals surface area (Å²) in [5.41, 5.74) is 0.734. The average Bonchev–Trinajstić information content (AvgIpc) is 3.12. The number of amides is 2. The summed E-state index contributed by atoms with van der Waals surface area (Å²) in [7, 11) is 0. The molecule has 1 aromatic carbocycles. The Morgan fingerprint density at radius 2 is 1.71 bits per heavy atom. The van der Waals surface area contributed by atoms with Crippen LogP contribution in [-0.2, 0) is 4.79 Å². The van der Waals surface area contributed by atoms with Gasteiger partial charge >= 0.3 is 0 Å². The Balaban J connectivity index is 1.16. The van der Waals surface area contributed by atoms with Gasteiger partial charge in [-0.15, -0.1) is 0 Å². The summed E-state index contributed by atoms with van der Waals surface area (Å²) in [5, 5.41) is 5.91. The van der Waals surface area contributed by atoms with Crippen molar-refractivity contribution in [3.05, 3.63) is 23.8 Å². The Hall–Kier alpha value is -2.24. The average molecular weight is 384 g/mol. The van der Waals surface area contributed by atoms with E-state index in [1.165, 1.54) is 38.5 Å². The van der Waals surface area contributed by atoms with Crippen LogP contribution in [0.4, 0.5) is 0 Å². The van der Waals surface area contributed by atoms with Crippen molar-refractivity contribution in [3.8, 4) is 11.5 Å². The van der Waals surface area contributed by atoms with E-state index < -0.39 is 0 Å². The number of hydrogen-bond acceptors (Lipinski definition) is 4. The summed E-state index contributed by atoms with van der Waals surface area (Å²) in [5.74, 6) is 3.38. The number of ether oxygens (including phenoxy) is 2. The zero-order valence-corrected chi connectivity index (χ0v) is 16.3. The quantitative estimate of drug-likeness (QED) is 0.818. The van der Waals surface area contributed by atoms with Crippen LogP contribution in [0.15, 0.2) is 18.2 Å². The predicted octanol–water partition coefficient (Wildman–Crippen LogP) is 2.87. The van der Waals surface area contributed by atoms with Gasteiger partial charge in [-0.05, 0) is 86.8 Å². The second kappa shape index (κ2) is 6.68. The molecule has 1 aliphatic heterocycles. The minimum absolute atomic E-state index is 0.00994. The number of benzene rings is 1. The summed E-state index contributed by atoms with van der Waals surface area (Å²) in [6, 6.07) is 5.20. The number of carbonyl (C=O) groups excluding carboxylic acids is 2. The summed E-state index contributed by atoms with van der Waals surface area (Å²) in [6.07, 6.45) is 7.94. The van der Waals surface area contributed by atoms with Crippen molar-refractivity contribution in [3.63, 3.8) is 0 Å². The van der Waals surface area contributed by atoms with Crippen molar-refractivity contribution in [1.82, 2.24) is 10.6 Å². The fourth-order valence-electron chi connectivity index (χ4n) is 6.45. The largest absolute Gasteiger partial charge is 0.454 e. The molecule has 4 fully saturated rings. The molecule has 1 aromatic rings. The van der Waals surface area contributed by atoms with Gasteiger partial charge in [0.1, 0.15) is 0 Å². The first-order chi connectivity index (χ1) is 13.5. The summed E-state index contributed by atoms with van der Waals surface area (Å²) in [4.78, 5) is 24.9. The molecular formula is C22H28N2O4. The molecule has 150 valence electrons. The van der Waals surface area contributed by atoms with Crippen molar-refractivity contribution in [2.75, 3.05) is 13.3 Å². The minimum Gasteiger partial charge on any atom is -0.454 e. The molecule has 0 saturated heterocycles. The zero-order chi connectivity index (χ0) is 19.3. The summed E-state index contributed by atoms with van der Waals surface area (Å²) in [6.45, 7) is 2.32. The van der Waals surface area contributed by atoms with Gasteiger partial charge in [-0.2, -0.15) is 0 Å². The number of nitrogens with one attached hydrogen (secondary N) is 2. The zero-order valence-electron chi connectivity index (χ0n) is 16.3. The molecular weight excluding hydrogens is 356 g/mol. The molecule has 6 heteroatoms. The Morgan fingerprint density at radius 3 is 2.39 bits per heavy atom. The molecule has 4 saturated carbocycles. The molecule has 0 aromatic heterocycles. The fourth-order valence-corrected chi connectivity index (χ4v) is 6.45. The highest BCUT2D eigenvalue weighted by Crippen LogP contribution is 2.61. The number of carbonyl (C=O) groups is 2. The lowest BCUT2D eigenvalue weighted by Gasteiger charge is -2.59. The van der Waals surface area contributed by atoms with E-state index in [0.29, 0.717) is 17.1 Å². The van der Waals surface area contributed by atoms with Crippen LogP contribution in [0.1, 0.15) is 55.8 Å². The van der Waals surface area contributed by atoms with E-state index in [2.05, 4.69) is 17.6 Å². The van der Waals surface area contributed by atoms with Gasteiger partial charge in [0, 0.05) is 11.6 Å². The van der Waals surface area contributed by atoms with E-state index in [1.54, 1.807) is 18.2 Å². The van der Waals surface area contributed by atoms with Gasteiger partial charge in [-0.3, -0.25) is 9.59 Å². The Bertz CT molecular complexity index is 770. The molecule has 6 nitrogen and oxygen atoms in total. The second-order valence-electron chi connectivity index (χ2n) is 9.32. The lowest BCUT2D eigenvalue weighted by molar-refractivity contribution is -0.124. The van der Waals surface area contributed by atoms with E-state index in [4.69, 9.17) is 9.47 Å². The second-order valence-corrected chi connectivity index (χ2v) is 9.32. The molecule has 1 heterocycles. The Morgan fingerprint density at radius 1 is 1.07 bits per heavy atom. The SMILES string of the molecule is CC(NC(=O)CNC(=O)c1ccc2c(c1)OCO2)C12CC3CC(CC(C3)C1)C2. The highest BCUT2D eigenvalue weighted by molar-refractivity contribution is 5.97. The van der Waals surface area contributed by atoms with Crippen LogP contribution < -0.4 is 20.1 Å². The van der Waals surface area contributed by atoms with Crippen molar-refractivity contribution in [2.24, 2.45) is 23.2 Å². The van der Waals surface area contributed by atoms with Gasteiger partial charge in [-0.1, -0.05) is 0 Å². The molecule has 4 aliphatic carbocycles. The molecule has 0 radical (unpaired) electrons. The summed E-state index contributed by atoms with van der Waals surface area (Å²) < 4.78 is 10.6. The van der Waals surface area contributed by atoms with Gasteiger partial charge in [0.15, 0.2) is 11.5 Å². The van der Waals surface area contributed by atoms with Crippen LogP contribution in [0.25, 0.3) is 0 Å². The highest BCUT2D eigenvalue weighted by Gasteiger charge is 2.53. The number of hydrogen-bond donors (Lipinski definition) is 2. The lowest BCUT2D eigenvalue weighted by Crippen LogP contribution is -2.56. The molecule has 4 bridgehead atoms. The Labute approximate surface area is 165 Å². The van der Waals surface area contributed by atoms with Crippen molar-refractivity contribution < 1.29 is 19.1 Å². The third-order valence-corrected chi connectivity index (χ3v) is 7.43. The van der Waals surface area contributed by atoms with Gasteiger partial charge in [0.05, 0.1) is 6.54 Å². The van der Waals surface area contributed by atoms with Crippen molar-refractivity contribution in [2.45, 2.75) is 51.5 Å². The van der Waals surface area contributed by atoms with Gasteiger partial charge in [0.25, 0.3) is 5.91 Å². The molecule has 5 aliphatic rings. The minimum atomic E-state index is -0.282. The molecule has 2 amide bonds. The van der Waals surface area contributed by atoms with E-state index in [-0.39, 0.29) is 36.6 Å². The topological polar surface area (TPSA) is 76.7 Å². The van der Waals surface area contributed by atoms with Gasteiger partial charge in [0.2, 0.25) is 12.7 Å². The third kappa shape index (κ3) is 3.12. The summed E-state index contributed by atoms with van der Waals surface area (Å²) >= 11 is 0. The maximum Gasteiger partial charge on any atom is 0.251 e. The molecule has 1 unspecified atom stereocenters. The van der Waals surface area contributed by atoms with E-state index in [9.17, 15) is 9.59 Å². The van der Waals surface area contributed by atoms with Gasteiger partial charge < -0.3 is 20.1 Å². The predicted molar refractivity (Wildman–Crippen MR) is 103 cm³/mol. The molecule has 1 atom stereocenters. The van der Waals surface area contributed by atoms with E-state index in [0.717, 1.165) is 17.8 Å². The number of fused-ring (bicyclic) bond motifs is 1. The lowest BCUT2D eigenvalue weighted by atomic mass is 9.48. The monoisotopic (exact) mass is 384 g/mol. The van der Waals surface area contributed by atoms with Crippen LogP contribution in [-0.4, -0.2) is 31.2 Å². The normalized spacial score (nSPS) is 32.8. The number of rotatable bonds is 5. The molecule has 28 heavy (non-hydrogen) atoms. The van der Waals surface area contributed by atoms with E-state index in [1.807, 2.05) is 0 Å². The first-order valence-electron chi connectivity index (χ1n) is 10.5. The first-order valence-corrected chi connectivity index (χ1v) is 10.5. The smallest absolute Gasteiger partial charge is 0.251 e. The van der Waals surface area contributed by atoms with E-state index >= 15 is 0 Å². The van der Waals surface area contributed by atoms with Crippen LogP contribution in [0, 0.1) is 23.2 Å². The standard InChI is InChI=1S/C22H28N2O4/c1-13(22-8-14-4-15(9-22)6-16(5-14)10-22)24-20(25)11-23-21(26)17-2-3-18-19(7-17)28-12-27-18/h2-3,7,13-16H,4-6,8-12H2,1H3,(H,23,26)(H,24,25). The van der Waals surface area contributed by atoms with Crippen LogP contribution in [0.5, 0.6) is 11.5 Å².